The largest absolute Gasteiger partial charge is 0.465 e. The lowest BCUT2D eigenvalue weighted by Crippen LogP contribution is -2.49. The number of carbonyl (C=O) groups excluding carboxylic acids is 2. The molecule has 0 bridgehead atoms. The summed E-state index contributed by atoms with van der Waals surface area (Å²) < 4.78 is 51.3. The summed E-state index contributed by atoms with van der Waals surface area (Å²) >= 11 is 3.15. The molecule has 9 heteroatoms. The second kappa shape index (κ2) is 8.64. The molecule has 0 heterocycles. The Morgan fingerprint density at radius 3 is 2.39 bits per heavy atom. The van der Waals surface area contributed by atoms with Crippen molar-refractivity contribution in [3.05, 3.63) is 64.1 Å². The third-order valence-corrected chi connectivity index (χ3v) is 4.66. The Hall–Kier alpha value is -2.55. The summed E-state index contributed by atoms with van der Waals surface area (Å²) in [6, 6.07) is 11.5. The van der Waals surface area contributed by atoms with E-state index in [-0.39, 0.29) is 16.9 Å². The second-order valence-corrected chi connectivity index (χ2v) is 6.99. The minimum absolute atomic E-state index is 0.0225. The molecule has 1 N–H and O–H groups in total. The van der Waals surface area contributed by atoms with Crippen LogP contribution in [0.4, 0.5) is 18.0 Å². The Balaban J connectivity index is 2.19. The van der Waals surface area contributed by atoms with E-state index in [9.17, 15) is 22.8 Å². The molecule has 0 aliphatic carbocycles. The molecular formula is C19H17BrF3NO4. The van der Waals surface area contributed by atoms with Gasteiger partial charge in [-0.3, -0.25) is 0 Å². The first kappa shape index (κ1) is 21.7. The summed E-state index contributed by atoms with van der Waals surface area (Å²) in [7, 11) is 1.16. The number of para-hydroxylation sites is 1. The van der Waals surface area contributed by atoms with Gasteiger partial charge in [-0.1, -0.05) is 40.2 Å². The molecule has 0 spiro atoms. The lowest BCUT2D eigenvalue weighted by molar-refractivity contribution is -0.183. The highest BCUT2D eigenvalue weighted by molar-refractivity contribution is 9.10. The third-order valence-electron chi connectivity index (χ3n) is 4.17. The van der Waals surface area contributed by atoms with Gasteiger partial charge in [0.05, 0.1) is 7.11 Å². The fraction of sp³-hybridized carbons (Fsp3) is 0.263. The van der Waals surface area contributed by atoms with Gasteiger partial charge in [0.2, 0.25) is 0 Å². The van der Waals surface area contributed by atoms with Gasteiger partial charge in [0.25, 0.3) is 0 Å². The van der Waals surface area contributed by atoms with Gasteiger partial charge in [0.1, 0.15) is 16.7 Å². The van der Waals surface area contributed by atoms with Crippen LogP contribution in [-0.4, -0.2) is 31.9 Å². The first-order valence-electron chi connectivity index (χ1n) is 8.04. The maximum Gasteiger partial charge on any atom is 0.412 e. The Bertz CT molecular complexity index is 872. The summed E-state index contributed by atoms with van der Waals surface area (Å²) in [5.41, 5.74) is -2.40. The molecule has 0 aliphatic heterocycles. The maximum atomic E-state index is 13.7. The highest BCUT2D eigenvalue weighted by Gasteiger charge is 2.52. The number of rotatable bonds is 5. The van der Waals surface area contributed by atoms with Crippen LogP contribution in [0.25, 0.3) is 0 Å². The zero-order valence-electron chi connectivity index (χ0n) is 15.0. The van der Waals surface area contributed by atoms with E-state index in [0.717, 1.165) is 14.0 Å². The normalized spacial score (nSPS) is 13.4. The Morgan fingerprint density at radius 1 is 1.11 bits per heavy atom. The van der Waals surface area contributed by atoms with E-state index in [4.69, 9.17) is 4.74 Å². The molecule has 0 fully saturated rings. The number of benzene rings is 2. The van der Waals surface area contributed by atoms with Gasteiger partial charge in [0, 0.05) is 11.0 Å². The number of halogens is 4. The first-order valence-corrected chi connectivity index (χ1v) is 8.83. The molecule has 1 atom stereocenters. The first-order chi connectivity index (χ1) is 13.1. The van der Waals surface area contributed by atoms with Crippen molar-refractivity contribution in [2.75, 3.05) is 13.7 Å². The molecule has 2 aromatic rings. The standard InChI is InChI=1S/C19H17BrF3NO4/c1-18(19(21,22)23,12-6-5-7-13(20)10-12)11-24-17(26)28-15-9-4-3-8-14(15)16(25)27-2/h3-10H,11H2,1-2H3,(H,24,26). The molecule has 2 aromatic carbocycles. The number of hydrogen-bond acceptors (Lipinski definition) is 4. The van der Waals surface area contributed by atoms with Crippen molar-refractivity contribution < 1.29 is 32.2 Å². The molecule has 2 rings (SSSR count). The zero-order valence-corrected chi connectivity index (χ0v) is 16.6. The van der Waals surface area contributed by atoms with Gasteiger partial charge in [-0.2, -0.15) is 13.2 Å². The van der Waals surface area contributed by atoms with Crippen LogP contribution >= 0.6 is 15.9 Å². The number of ether oxygens (including phenoxy) is 2. The minimum atomic E-state index is -4.63. The lowest BCUT2D eigenvalue weighted by atomic mass is 9.81. The number of hydrogen-bond donors (Lipinski definition) is 1. The highest BCUT2D eigenvalue weighted by Crippen LogP contribution is 2.41. The number of alkyl halides is 3. The fourth-order valence-electron chi connectivity index (χ4n) is 2.42. The topological polar surface area (TPSA) is 64.6 Å². The van der Waals surface area contributed by atoms with Gasteiger partial charge < -0.3 is 14.8 Å². The number of methoxy groups -OCH3 is 1. The van der Waals surface area contributed by atoms with Crippen LogP contribution in [0.1, 0.15) is 22.8 Å². The van der Waals surface area contributed by atoms with Gasteiger partial charge in [-0.25, -0.2) is 9.59 Å². The predicted octanol–water partition coefficient (Wildman–Crippen LogP) is 4.84. The fourth-order valence-corrected chi connectivity index (χ4v) is 2.82. The quantitative estimate of drug-likeness (QED) is 0.649. The van der Waals surface area contributed by atoms with Crippen LogP contribution in [0, 0.1) is 0 Å². The van der Waals surface area contributed by atoms with E-state index >= 15 is 0 Å². The van der Waals surface area contributed by atoms with Gasteiger partial charge in [0.15, 0.2) is 0 Å². The number of nitrogens with one attached hydrogen (secondary N) is 1. The summed E-state index contributed by atoms with van der Waals surface area (Å²) in [5.74, 6) is -0.860. The van der Waals surface area contributed by atoms with Crippen LogP contribution in [0.2, 0.25) is 0 Å². The molecular weight excluding hydrogens is 443 g/mol. The molecule has 0 saturated carbocycles. The minimum Gasteiger partial charge on any atom is -0.465 e. The van der Waals surface area contributed by atoms with Crippen LogP contribution in [0.3, 0.4) is 0 Å². The van der Waals surface area contributed by atoms with Crippen molar-refractivity contribution >= 4 is 28.0 Å². The number of carbonyl (C=O) groups is 2. The second-order valence-electron chi connectivity index (χ2n) is 6.07. The number of esters is 1. The maximum absolute atomic E-state index is 13.7. The molecule has 0 radical (unpaired) electrons. The van der Waals surface area contributed by atoms with E-state index in [1.54, 1.807) is 6.07 Å². The SMILES string of the molecule is COC(=O)c1ccccc1OC(=O)NCC(C)(c1cccc(Br)c1)C(F)(F)F. The van der Waals surface area contributed by atoms with E-state index < -0.39 is 30.2 Å². The van der Waals surface area contributed by atoms with Crippen molar-refractivity contribution in [2.45, 2.75) is 18.5 Å². The van der Waals surface area contributed by atoms with Crippen molar-refractivity contribution in [3.63, 3.8) is 0 Å². The Morgan fingerprint density at radius 2 is 1.79 bits per heavy atom. The van der Waals surface area contributed by atoms with Crippen molar-refractivity contribution in [2.24, 2.45) is 0 Å². The van der Waals surface area contributed by atoms with Crippen molar-refractivity contribution in [1.29, 1.82) is 0 Å². The highest BCUT2D eigenvalue weighted by atomic mass is 79.9. The van der Waals surface area contributed by atoms with Crippen molar-refractivity contribution in [3.8, 4) is 5.75 Å². The summed E-state index contributed by atoms with van der Waals surface area (Å²) in [6.07, 6.45) is -5.76. The summed E-state index contributed by atoms with van der Waals surface area (Å²) in [5, 5.41) is 2.13. The zero-order chi connectivity index (χ0) is 20.9. The van der Waals surface area contributed by atoms with Crippen LogP contribution in [-0.2, 0) is 10.2 Å². The molecule has 5 nitrogen and oxygen atoms in total. The van der Waals surface area contributed by atoms with Crippen LogP contribution < -0.4 is 10.1 Å². The molecule has 0 aromatic heterocycles. The molecule has 150 valence electrons. The van der Waals surface area contributed by atoms with E-state index in [0.29, 0.717) is 4.47 Å². The predicted molar refractivity (Wildman–Crippen MR) is 99.4 cm³/mol. The summed E-state index contributed by atoms with van der Waals surface area (Å²) in [6.45, 7) is 0.226. The molecule has 28 heavy (non-hydrogen) atoms. The van der Waals surface area contributed by atoms with E-state index in [2.05, 4.69) is 26.0 Å². The lowest BCUT2D eigenvalue weighted by Gasteiger charge is -2.32. The van der Waals surface area contributed by atoms with Gasteiger partial charge in [-0.05, 0) is 36.8 Å². The smallest absolute Gasteiger partial charge is 0.412 e. The van der Waals surface area contributed by atoms with Crippen LogP contribution in [0.15, 0.2) is 53.0 Å². The monoisotopic (exact) mass is 459 g/mol. The van der Waals surface area contributed by atoms with E-state index in [1.807, 2.05) is 0 Å². The van der Waals surface area contributed by atoms with Crippen LogP contribution in [0.5, 0.6) is 5.75 Å². The average molecular weight is 460 g/mol. The third kappa shape index (κ3) is 4.83. The molecule has 1 amide bonds. The molecule has 0 aliphatic rings. The average Bonchev–Trinajstić information content (AvgIpc) is 2.65. The van der Waals surface area contributed by atoms with Gasteiger partial charge >= 0.3 is 18.2 Å². The Labute approximate surface area is 168 Å². The van der Waals surface area contributed by atoms with E-state index in [1.165, 1.54) is 42.5 Å². The van der Waals surface area contributed by atoms with Gasteiger partial charge in [-0.15, -0.1) is 0 Å². The Kier molecular flexibility index (Phi) is 6.71. The summed E-state index contributed by atoms with van der Waals surface area (Å²) in [4.78, 5) is 23.8. The molecule has 0 saturated heterocycles. The molecule has 1 unspecified atom stereocenters. The number of amides is 1. The van der Waals surface area contributed by atoms with Crippen molar-refractivity contribution in [1.82, 2.24) is 5.32 Å².